The summed E-state index contributed by atoms with van der Waals surface area (Å²) in [6.45, 7) is 5.49. The van der Waals surface area contributed by atoms with E-state index in [-0.39, 0.29) is 11.9 Å². The van der Waals surface area contributed by atoms with Gasteiger partial charge in [-0.15, -0.1) is 0 Å². The minimum atomic E-state index is 0.0344. The first kappa shape index (κ1) is 12.8. The van der Waals surface area contributed by atoms with Gasteiger partial charge >= 0.3 is 0 Å². The fraction of sp³-hybridized carbons (Fsp3) is 0.500. The van der Waals surface area contributed by atoms with E-state index >= 15 is 0 Å². The van der Waals surface area contributed by atoms with Crippen LogP contribution in [0.4, 0.5) is 0 Å². The third-order valence-corrected chi connectivity index (χ3v) is 2.93. The van der Waals surface area contributed by atoms with Crippen molar-refractivity contribution in [2.75, 3.05) is 19.7 Å². The van der Waals surface area contributed by atoms with Crippen molar-refractivity contribution >= 4 is 5.84 Å². The highest BCUT2D eigenvalue weighted by molar-refractivity contribution is 5.95. The third kappa shape index (κ3) is 3.18. The van der Waals surface area contributed by atoms with Crippen molar-refractivity contribution in [1.82, 2.24) is 9.88 Å². The molecule has 0 radical (unpaired) electrons. The molecule has 0 aromatic carbocycles. The molecule has 3 N–H and O–H groups in total. The Morgan fingerprint density at radius 2 is 2.56 bits per heavy atom. The number of pyridine rings is 1. The number of aromatic nitrogens is 1. The van der Waals surface area contributed by atoms with E-state index in [1.807, 2.05) is 12.1 Å². The predicted molar refractivity (Wildman–Crippen MR) is 67.4 cm³/mol. The molecule has 1 aromatic rings. The second kappa shape index (κ2) is 5.79. The summed E-state index contributed by atoms with van der Waals surface area (Å²) < 4.78 is 5.50. The second-order valence-electron chi connectivity index (χ2n) is 4.45. The molecule has 18 heavy (non-hydrogen) atoms. The Labute approximate surface area is 106 Å². The average Bonchev–Trinajstić information content (AvgIpc) is 2.38. The third-order valence-electron chi connectivity index (χ3n) is 2.93. The van der Waals surface area contributed by atoms with Gasteiger partial charge in [-0.1, -0.05) is 5.16 Å². The average molecular weight is 250 g/mol. The lowest BCUT2D eigenvalue weighted by molar-refractivity contribution is -0.0212. The lowest BCUT2D eigenvalue weighted by Gasteiger charge is -2.31. The zero-order chi connectivity index (χ0) is 13.0. The number of hydrogen-bond donors (Lipinski definition) is 2. The normalized spacial score (nSPS) is 22.1. The molecule has 1 unspecified atom stereocenters. The van der Waals surface area contributed by atoms with Crippen LogP contribution in [0.5, 0.6) is 0 Å². The Balaban J connectivity index is 2.05. The molecule has 2 rings (SSSR count). The molecule has 0 amide bonds. The maximum absolute atomic E-state index is 8.63. The fourth-order valence-corrected chi connectivity index (χ4v) is 2.06. The van der Waals surface area contributed by atoms with Crippen molar-refractivity contribution in [3.8, 4) is 0 Å². The topological polar surface area (TPSA) is 84.0 Å². The molecule has 1 fully saturated rings. The van der Waals surface area contributed by atoms with Crippen LogP contribution in [-0.4, -0.2) is 46.7 Å². The number of nitrogens with two attached hydrogens (primary N) is 1. The summed E-state index contributed by atoms with van der Waals surface area (Å²) in [7, 11) is 0. The van der Waals surface area contributed by atoms with E-state index in [9.17, 15) is 0 Å². The predicted octanol–water partition coefficient (Wildman–Crippen LogP) is 0.397. The summed E-state index contributed by atoms with van der Waals surface area (Å²) in [6.07, 6.45) is 1.94. The maximum atomic E-state index is 8.63. The van der Waals surface area contributed by atoms with E-state index < -0.39 is 0 Å². The molecule has 1 aliphatic heterocycles. The van der Waals surface area contributed by atoms with Gasteiger partial charge in [0.25, 0.3) is 0 Å². The summed E-state index contributed by atoms with van der Waals surface area (Å²) in [4.78, 5) is 6.38. The van der Waals surface area contributed by atoms with Crippen LogP contribution >= 0.6 is 0 Å². The lowest BCUT2D eigenvalue weighted by Crippen LogP contribution is -2.40. The van der Waals surface area contributed by atoms with E-state index in [4.69, 9.17) is 15.7 Å². The van der Waals surface area contributed by atoms with E-state index in [0.717, 1.165) is 31.8 Å². The SMILES string of the molecule is CC1CN(Cc2ccnc(C(N)=NO)c2)CCO1. The first-order chi connectivity index (χ1) is 8.69. The van der Waals surface area contributed by atoms with Gasteiger partial charge in [0, 0.05) is 25.8 Å². The summed E-state index contributed by atoms with van der Waals surface area (Å²) in [5.41, 5.74) is 7.12. The van der Waals surface area contributed by atoms with Crippen LogP contribution in [0.3, 0.4) is 0 Å². The van der Waals surface area contributed by atoms with Crippen LogP contribution in [0.2, 0.25) is 0 Å². The van der Waals surface area contributed by atoms with Crippen LogP contribution in [0.15, 0.2) is 23.5 Å². The molecule has 1 aromatic heterocycles. The summed E-state index contributed by atoms with van der Waals surface area (Å²) in [6, 6.07) is 3.78. The number of hydrogen-bond acceptors (Lipinski definition) is 5. The van der Waals surface area contributed by atoms with Gasteiger partial charge in [0.15, 0.2) is 5.84 Å². The number of amidine groups is 1. The Morgan fingerprint density at radius 1 is 1.72 bits per heavy atom. The first-order valence-corrected chi connectivity index (χ1v) is 5.96. The van der Waals surface area contributed by atoms with Crippen LogP contribution in [0.25, 0.3) is 0 Å². The molecule has 0 bridgehead atoms. The fourth-order valence-electron chi connectivity index (χ4n) is 2.06. The van der Waals surface area contributed by atoms with Gasteiger partial charge in [-0.05, 0) is 24.6 Å². The van der Waals surface area contributed by atoms with Crippen LogP contribution in [-0.2, 0) is 11.3 Å². The highest BCUT2D eigenvalue weighted by Crippen LogP contribution is 2.10. The van der Waals surface area contributed by atoms with E-state index in [1.165, 1.54) is 0 Å². The van der Waals surface area contributed by atoms with Gasteiger partial charge in [-0.2, -0.15) is 0 Å². The number of morpholine rings is 1. The molecule has 1 saturated heterocycles. The van der Waals surface area contributed by atoms with Crippen molar-refractivity contribution in [1.29, 1.82) is 0 Å². The minimum Gasteiger partial charge on any atom is -0.409 e. The highest BCUT2D eigenvalue weighted by atomic mass is 16.5. The monoisotopic (exact) mass is 250 g/mol. The first-order valence-electron chi connectivity index (χ1n) is 5.96. The van der Waals surface area contributed by atoms with Gasteiger partial charge in [0.05, 0.1) is 12.7 Å². The van der Waals surface area contributed by atoms with Crippen LogP contribution < -0.4 is 5.73 Å². The van der Waals surface area contributed by atoms with Gasteiger partial charge in [-0.3, -0.25) is 9.88 Å². The highest BCUT2D eigenvalue weighted by Gasteiger charge is 2.16. The zero-order valence-electron chi connectivity index (χ0n) is 10.4. The van der Waals surface area contributed by atoms with E-state index in [1.54, 1.807) is 6.20 Å². The number of nitrogens with zero attached hydrogens (tertiary/aromatic N) is 3. The van der Waals surface area contributed by atoms with Gasteiger partial charge < -0.3 is 15.7 Å². The number of ether oxygens (including phenoxy) is 1. The molecule has 6 heteroatoms. The molecular weight excluding hydrogens is 232 g/mol. The molecule has 1 aliphatic rings. The standard InChI is InChI=1S/C12H18N4O2/c1-9-7-16(4-5-18-9)8-10-2-3-14-11(6-10)12(13)15-17/h2-3,6,9,17H,4-5,7-8H2,1H3,(H2,13,15). The van der Waals surface area contributed by atoms with Gasteiger partial charge in [0.2, 0.25) is 0 Å². The molecule has 0 spiro atoms. The Morgan fingerprint density at radius 3 is 3.28 bits per heavy atom. The minimum absolute atomic E-state index is 0.0344. The number of rotatable bonds is 3. The summed E-state index contributed by atoms with van der Waals surface area (Å²) in [5, 5.41) is 11.6. The maximum Gasteiger partial charge on any atom is 0.188 e. The van der Waals surface area contributed by atoms with Crippen molar-refractivity contribution in [2.24, 2.45) is 10.9 Å². The molecule has 0 saturated carbocycles. The number of oxime groups is 1. The van der Waals surface area contributed by atoms with Gasteiger partial charge in [-0.25, -0.2) is 0 Å². The molecule has 0 aliphatic carbocycles. The van der Waals surface area contributed by atoms with Crippen molar-refractivity contribution in [3.63, 3.8) is 0 Å². The van der Waals surface area contributed by atoms with Gasteiger partial charge in [0.1, 0.15) is 5.69 Å². The summed E-state index contributed by atoms with van der Waals surface area (Å²) >= 11 is 0. The van der Waals surface area contributed by atoms with Crippen LogP contribution in [0, 0.1) is 0 Å². The Kier molecular flexibility index (Phi) is 4.11. The van der Waals surface area contributed by atoms with Crippen molar-refractivity contribution in [2.45, 2.75) is 19.6 Å². The summed E-state index contributed by atoms with van der Waals surface area (Å²) in [5.74, 6) is 0.0344. The van der Waals surface area contributed by atoms with E-state index in [2.05, 4.69) is 22.0 Å². The molecule has 1 atom stereocenters. The second-order valence-corrected chi connectivity index (χ2v) is 4.45. The molecule has 6 nitrogen and oxygen atoms in total. The van der Waals surface area contributed by atoms with E-state index in [0.29, 0.717) is 5.69 Å². The Bertz CT molecular complexity index is 436. The van der Waals surface area contributed by atoms with Crippen molar-refractivity contribution < 1.29 is 9.94 Å². The molecular formula is C12H18N4O2. The van der Waals surface area contributed by atoms with Crippen molar-refractivity contribution in [3.05, 3.63) is 29.6 Å². The molecule has 2 heterocycles. The quantitative estimate of drug-likeness (QED) is 0.351. The molecule has 98 valence electrons. The lowest BCUT2D eigenvalue weighted by atomic mass is 10.2. The van der Waals surface area contributed by atoms with Crippen LogP contribution in [0.1, 0.15) is 18.2 Å². The largest absolute Gasteiger partial charge is 0.409 e. The zero-order valence-corrected chi connectivity index (χ0v) is 10.4. The smallest absolute Gasteiger partial charge is 0.188 e. The Hall–Kier alpha value is -1.66.